The summed E-state index contributed by atoms with van der Waals surface area (Å²) in [4.78, 5) is 0. The van der Waals surface area contributed by atoms with Gasteiger partial charge in [-0.15, -0.1) is 0 Å². The van der Waals surface area contributed by atoms with Crippen molar-refractivity contribution in [1.29, 1.82) is 0 Å². The summed E-state index contributed by atoms with van der Waals surface area (Å²) < 4.78 is 1.68. The van der Waals surface area contributed by atoms with E-state index in [1.165, 1.54) is 6.42 Å². The quantitative estimate of drug-likeness (QED) is 0.643. The summed E-state index contributed by atoms with van der Waals surface area (Å²) in [6.07, 6.45) is 7.88. The maximum absolute atomic E-state index is 3.50. The summed E-state index contributed by atoms with van der Waals surface area (Å²) >= 11 is 0.292. The van der Waals surface area contributed by atoms with Crippen molar-refractivity contribution in [2.45, 2.75) is 11.6 Å². The Kier molecular flexibility index (Phi) is 32.5. The Labute approximate surface area is 111 Å². The van der Waals surface area contributed by atoms with E-state index in [-0.39, 0.29) is 0 Å². The molecule has 0 aliphatic heterocycles. The third kappa shape index (κ3) is 29.2. The average Bonchev–Trinajstić information content (AvgIpc) is 2.73. The van der Waals surface area contributed by atoms with Crippen molar-refractivity contribution in [1.82, 2.24) is 0 Å². The molecule has 0 saturated carbocycles. The van der Waals surface area contributed by atoms with Crippen LogP contribution in [0, 0.1) is 0 Å². The SMILES string of the molecule is C[N-]C.C[N-]C.C[N-]C.[CH3][Ti+3][C]1=CC=CC1. The first kappa shape index (κ1) is 21.4. The molecular weight excluding hydrogens is 234 g/mol. The van der Waals surface area contributed by atoms with E-state index in [1.807, 2.05) is 0 Å². The first-order valence-electron chi connectivity index (χ1n) is 5.15. The Morgan fingerprint density at radius 1 is 0.938 bits per heavy atom. The molecule has 0 heterocycles. The van der Waals surface area contributed by atoms with E-state index in [0.717, 1.165) is 0 Å². The molecule has 1 rings (SSSR count). The third-order valence-electron chi connectivity index (χ3n) is 1.09. The molecular formula is C12H26N3Ti. The second kappa shape index (κ2) is 24.3. The molecule has 0 unspecified atom stereocenters. The van der Waals surface area contributed by atoms with Crippen LogP contribution in [-0.4, -0.2) is 42.3 Å². The van der Waals surface area contributed by atoms with Gasteiger partial charge < -0.3 is 16.0 Å². The predicted octanol–water partition coefficient (Wildman–Crippen LogP) is 3.82. The van der Waals surface area contributed by atoms with Crippen LogP contribution in [-0.2, 0) is 19.2 Å². The van der Waals surface area contributed by atoms with Crippen LogP contribution in [0.15, 0.2) is 22.1 Å². The summed E-state index contributed by atoms with van der Waals surface area (Å²) in [5.74, 6) is 0. The van der Waals surface area contributed by atoms with Crippen LogP contribution in [0.25, 0.3) is 16.0 Å². The van der Waals surface area contributed by atoms with Gasteiger partial charge in [0.2, 0.25) is 0 Å². The van der Waals surface area contributed by atoms with Crippen LogP contribution in [0.2, 0.25) is 5.23 Å². The zero-order chi connectivity index (χ0) is 13.2. The van der Waals surface area contributed by atoms with Gasteiger partial charge in [-0.2, -0.15) is 42.3 Å². The van der Waals surface area contributed by atoms with Crippen molar-refractivity contribution in [2.75, 3.05) is 42.3 Å². The van der Waals surface area contributed by atoms with Gasteiger partial charge in [-0.3, -0.25) is 0 Å². The number of hydrogen-bond acceptors (Lipinski definition) is 0. The molecule has 0 aromatic heterocycles. The molecule has 3 nitrogen and oxygen atoms in total. The zero-order valence-electron chi connectivity index (χ0n) is 11.8. The molecule has 1 aliphatic carbocycles. The number of allylic oxidation sites excluding steroid dienone is 4. The fourth-order valence-electron chi connectivity index (χ4n) is 0.633. The molecule has 0 spiro atoms. The van der Waals surface area contributed by atoms with Gasteiger partial charge in [0, 0.05) is 0 Å². The van der Waals surface area contributed by atoms with Crippen LogP contribution in [0.5, 0.6) is 0 Å². The van der Waals surface area contributed by atoms with Crippen LogP contribution >= 0.6 is 0 Å². The standard InChI is InChI=1S/C5H5.3C2H6N.CH3.Ti/c1-2-4-5-3-1;3*1-3-2;;/h1-3H,4H2;3*1-2H3;1H3;/q;3*-1;;+3. The van der Waals surface area contributed by atoms with Crippen LogP contribution in [0.1, 0.15) is 6.42 Å². The predicted molar refractivity (Wildman–Crippen MR) is 73.3 cm³/mol. The minimum absolute atomic E-state index is 0.292. The van der Waals surface area contributed by atoms with Gasteiger partial charge in [0.1, 0.15) is 0 Å². The monoisotopic (exact) mass is 260 g/mol. The fourth-order valence-corrected chi connectivity index (χ4v) is 1.55. The van der Waals surface area contributed by atoms with Crippen LogP contribution in [0.3, 0.4) is 0 Å². The van der Waals surface area contributed by atoms with Gasteiger partial charge in [-0.1, -0.05) is 0 Å². The third-order valence-corrected chi connectivity index (χ3v) is 2.67. The summed E-state index contributed by atoms with van der Waals surface area (Å²) in [5, 5.41) is 12.8. The molecule has 0 atom stereocenters. The summed E-state index contributed by atoms with van der Waals surface area (Å²) in [6, 6.07) is 0. The van der Waals surface area contributed by atoms with E-state index in [2.05, 4.69) is 39.4 Å². The van der Waals surface area contributed by atoms with E-state index >= 15 is 0 Å². The molecule has 93 valence electrons. The van der Waals surface area contributed by atoms with Crippen molar-refractivity contribution in [2.24, 2.45) is 0 Å². The molecule has 0 bridgehead atoms. The van der Waals surface area contributed by atoms with Gasteiger partial charge in [0.25, 0.3) is 0 Å². The maximum atomic E-state index is 3.50. The number of nitrogens with zero attached hydrogens (tertiary/aromatic N) is 3. The molecule has 0 saturated heterocycles. The number of hydrogen-bond donors (Lipinski definition) is 0. The summed E-state index contributed by atoms with van der Waals surface area (Å²) in [7, 11) is 10.5. The van der Waals surface area contributed by atoms with Crippen molar-refractivity contribution in [3.05, 3.63) is 38.1 Å². The van der Waals surface area contributed by atoms with Gasteiger partial charge in [0.05, 0.1) is 0 Å². The Balaban J connectivity index is -0.000000161. The molecule has 0 radical (unpaired) electrons. The van der Waals surface area contributed by atoms with Crippen molar-refractivity contribution in [3.63, 3.8) is 0 Å². The second-order valence-corrected chi connectivity index (χ2v) is 4.70. The van der Waals surface area contributed by atoms with Crippen molar-refractivity contribution >= 4 is 0 Å². The zero-order valence-corrected chi connectivity index (χ0v) is 13.3. The molecule has 4 heteroatoms. The summed E-state index contributed by atoms with van der Waals surface area (Å²) in [5.41, 5.74) is 0. The Morgan fingerprint density at radius 2 is 1.31 bits per heavy atom. The van der Waals surface area contributed by atoms with E-state index in [0.29, 0.717) is 19.2 Å². The fraction of sp³-hybridized carbons (Fsp3) is 0.667. The summed E-state index contributed by atoms with van der Waals surface area (Å²) in [6.45, 7) is 0. The Morgan fingerprint density at radius 3 is 1.44 bits per heavy atom. The van der Waals surface area contributed by atoms with E-state index in [9.17, 15) is 0 Å². The normalized spacial score (nSPS) is 10.6. The van der Waals surface area contributed by atoms with Crippen LogP contribution in [0.4, 0.5) is 0 Å². The molecule has 0 aromatic rings. The molecule has 0 N–H and O–H groups in total. The molecule has 1 aliphatic rings. The molecule has 0 fully saturated rings. The first-order chi connectivity index (χ1) is 7.67. The van der Waals surface area contributed by atoms with Gasteiger partial charge in [-0.05, 0) is 0 Å². The average molecular weight is 260 g/mol. The van der Waals surface area contributed by atoms with Gasteiger partial charge >= 0.3 is 52.9 Å². The van der Waals surface area contributed by atoms with Crippen LogP contribution < -0.4 is 0 Å². The Hall–Kier alpha value is 0.0743. The van der Waals surface area contributed by atoms with Crippen molar-refractivity contribution in [3.8, 4) is 0 Å². The molecule has 0 aromatic carbocycles. The molecule has 16 heavy (non-hydrogen) atoms. The van der Waals surface area contributed by atoms with Crippen molar-refractivity contribution < 1.29 is 19.2 Å². The van der Waals surface area contributed by atoms with Gasteiger partial charge in [0.15, 0.2) is 0 Å². The van der Waals surface area contributed by atoms with E-state index in [1.54, 1.807) is 46.2 Å². The van der Waals surface area contributed by atoms with E-state index in [4.69, 9.17) is 0 Å². The minimum atomic E-state index is 0.292. The van der Waals surface area contributed by atoms with E-state index < -0.39 is 0 Å². The number of rotatable bonds is 1. The Bertz CT molecular complexity index is 152. The topological polar surface area (TPSA) is 42.3 Å². The molecule has 0 amide bonds. The second-order valence-electron chi connectivity index (χ2n) is 2.92. The van der Waals surface area contributed by atoms with Gasteiger partial charge in [-0.25, -0.2) is 0 Å². The first-order valence-corrected chi connectivity index (χ1v) is 7.49.